The molecule has 2 aliphatic heterocycles. The lowest BCUT2D eigenvalue weighted by molar-refractivity contribution is -0.179. The van der Waals surface area contributed by atoms with Crippen LogP contribution in [0.3, 0.4) is 0 Å². The third-order valence-corrected chi connectivity index (χ3v) is 11.0. The number of piperidine rings is 1. The van der Waals surface area contributed by atoms with Gasteiger partial charge in [-0.25, -0.2) is 4.39 Å². The van der Waals surface area contributed by atoms with E-state index < -0.39 is 30.4 Å². The van der Waals surface area contributed by atoms with Crippen molar-refractivity contribution in [1.82, 2.24) is 15.5 Å². The molecule has 5 aliphatic rings. The molecule has 2 heterocycles. The predicted octanol–water partition coefficient (Wildman–Crippen LogP) is 4.98. The summed E-state index contributed by atoms with van der Waals surface area (Å²) in [5.74, 6) is 0.368. The number of carbonyl (C=O) groups is 1. The van der Waals surface area contributed by atoms with Gasteiger partial charge < -0.3 is 20.3 Å². The number of nitrogens with zero attached hydrogens (tertiary/aromatic N) is 1. The molecule has 5 rings (SSSR count). The van der Waals surface area contributed by atoms with Gasteiger partial charge in [0.1, 0.15) is 12.2 Å². The Morgan fingerprint density at radius 1 is 1.15 bits per heavy atom. The van der Waals surface area contributed by atoms with E-state index in [-0.39, 0.29) is 35.6 Å². The maximum atomic E-state index is 14.3. The number of nitrogens with one attached hydrogen (secondary N) is 3. The molecule has 0 bridgehead atoms. The van der Waals surface area contributed by atoms with E-state index in [2.05, 4.69) is 10.6 Å². The molecule has 222 valence electrons. The number of rotatable bonds is 8. The van der Waals surface area contributed by atoms with Crippen LogP contribution in [0.1, 0.15) is 64.2 Å². The number of hydrogen-bond donors (Lipinski definition) is 3. The zero-order valence-corrected chi connectivity index (χ0v) is 23.7. The van der Waals surface area contributed by atoms with E-state index in [0.29, 0.717) is 75.5 Å². The summed E-state index contributed by atoms with van der Waals surface area (Å²) in [6.45, 7) is 1.78. The van der Waals surface area contributed by atoms with Crippen molar-refractivity contribution in [2.24, 2.45) is 35.5 Å². The smallest absolute Gasteiger partial charge is 0.378 e. The summed E-state index contributed by atoms with van der Waals surface area (Å²) in [6.07, 6.45) is 1.11. The van der Waals surface area contributed by atoms with Gasteiger partial charge in [0.25, 0.3) is 0 Å². The number of alkyl halides is 4. The molecule has 39 heavy (non-hydrogen) atoms. The zero-order valence-electron chi connectivity index (χ0n) is 22.9. The van der Waals surface area contributed by atoms with E-state index in [1.807, 2.05) is 4.90 Å². The maximum Gasteiger partial charge on any atom is 0.404 e. The monoisotopic (exact) mass is 576 g/mol. The molecule has 0 aromatic carbocycles. The van der Waals surface area contributed by atoms with Crippen molar-refractivity contribution in [2.75, 3.05) is 32.5 Å². The molecule has 8 unspecified atom stereocenters. The van der Waals surface area contributed by atoms with Gasteiger partial charge in [0.15, 0.2) is 5.17 Å². The number of amides is 1. The number of carbonyl (C=O) groups excluding carboxylic acids is 1. The minimum absolute atomic E-state index is 0.0242. The van der Waals surface area contributed by atoms with Gasteiger partial charge in [0, 0.05) is 37.9 Å². The average Bonchev–Trinajstić information content (AvgIpc) is 3.68. The summed E-state index contributed by atoms with van der Waals surface area (Å²) < 4.78 is 61.8. The molecular formula is C28H44F4N4O2S. The van der Waals surface area contributed by atoms with Crippen molar-refractivity contribution in [2.45, 2.75) is 94.7 Å². The predicted molar refractivity (Wildman–Crippen MR) is 144 cm³/mol. The fourth-order valence-corrected chi connectivity index (χ4v) is 8.81. The molecular weight excluding hydrogens is 532 g/mol. The topological polar surface area (TPSA) is 77.5 Å². The van der Waals surface area contributed by atoms with E-state index in [0.717, 1.165) is 25.1 Å². The van der Waals surface area contributed by atoms with Gasteiger partial charge in [-0.15, -0.1) is 0 Å². The van der Waals surface area contributed by atoms with Gasteiger partial charge >= 0.3 is 6.18 Å². The quantitative estimate of drug-likeness (QED) is 0.356. The van der Waals surface area contributed by atoms with Crippen molar-refractivity contribution in [3.05, 3.63) is 0 Å². The van der Waals surface area contributed by atoms with Crippen LogP contribution in [0.5, 0.6) is 0 Å². The largest absolute Gasteiger partial charge is 0.404 e. The molecule has 11 heteroatoms. The van der Waals surface area contributed by atoms with Crippen molar-refractivity contribution in [3.63, 3.8) is 0 Å². The molecule has 9 atom stereocenters. The standard InChI is InChI=1S/C28H44F4N4O2S/c1-38-23-14-18(6-7-22(23)29)24(17-4-5-17)35-26(37)20-12-16(15-36-9-10-39-27(36)33)11-19(13-20)21-3-2-8-34-25(21)28(30,31)32/h16-25,33-34H,2-15H2,1H3,(H,35,37)/t16?,18?,19?,20?,21?,22?,23?,24-,25?/m0/s1. The van der Waals surface area contributed by atoms with Gasteiger partial charge in [-0.2, -0.15) is 13.2 Å². The Morgan fingerprint density at radius 3 is 2.59 bits per heavy atom. The summed E-state index contributed by atoms with van der Waals surface area (Å²) in [5.41, 5.74) is 0. The van der Waals surface area contributed by atoms with Crippen molar-refractivity contribution in [1.29, 1.82) is 5.41 Å². The van der Waals surface area contributed by atoms with E-state index in [4.69, 9.17) is 10.1 Å². The fraction of sp³-hybridized carbons (Fsp3) is 0.929. The second kappa shape index (κ2) is 12.4. The van der Waals surface area contributed by atoms with Gasteiger partial charge in [-0.05, 0) is 100 Å². The minimum Gasteiger partial charge on any atom is -0.378 e. The van der Waals surface area contributed by atoms with Crippen molar-refractivity contribution >= 4 is 22.8 Å². The molecule has 0 aromatic heterocycles. The molecule has 3 saturated carbocycles. The third-order valence-electron chi connectivity index (χ3n) is 10.0. The second-order valence-corrected chi connectivity index (χ2v) is 13.7. The van der Waals surface area contributed by atoms with Crippen molar-refractivity contribution < 1.29 is 27.1 Å². The first-order valence-corrected chi connectivity index (χ1v) is 15.9. The fourth-order valence-electron chi connectivity index (χ4n) is 7.96. The lowest BCUT2D eigenvalue weighted by Crippen LogP contribution is -2.55. The Hall–Kier alpha value is -1.07. The van der Waals surface area contributed by atoms with Crippen LogP contribution in [-0.4, -0.2) is 79.0 Å². The summed E-state index contributed by atoms with van der Waals surface area (Å²) in [5, 5.41) is 14.9. The Labute approximate surface area is 233 Å². The Morgan fingerprint density at radius 2 is 1.92 bits per heavy atom. The normalized spacial score (nSPS) is 39.0. The first-order chi connectivity index (χ1) is 18.6. The Bertz CT molecular complexity index is 875. The SMILES string of the molecule is COC1CC([C@@H](NC(=O)C2CC(CN3CCSC3=N)CC(C3CCCNC3C(F)(F)F)C2)C2CC2)CCC1F. The minimum atomic E-state index is -4.31. The van der Waals surface area contributed by atoms with Gasteiger partial charge in [0.2, 0.25) is 5.91 Å². The molecule has 1 amide bonds. The number of thioether (sulfide) groups is 1. The molecule has 3 aliphatic carbocycles. The lowest BCUT2D eigenvalue weighted by atomic mass is 9.66. The van der Waals surface area contributed by atoms with Crippen LogP contribution >= 0.6 is 11.8 Å². The highest BCUT2D eigenvalue weighted by Crippen LogP contribution is 2.46. The van der Waals surface area contributed by atoms with Crippen molar-refractivity contribution in [3.8, 4) is 0 Å². The molecule has 0 radical (unpaired) electrons. The summed E-state index contributed by atoms with van der Waals surface area (Å²) in [7, 11) is 1.54. The van der Waals surface area contributed by atoms with Crippen LogP contribution in [-0.2, 0) is 9.53 Å². The van der Waals surface area contributed by atoms with Crippen LogP contribution in [0.25, 0.3) is 0 Å². The summed E-state index contributed by atoms with van der Waals surface area (Å²) in [4.78, 5) is 15.9. The van der Waals surface area contributed by atoms with Crippen LogP contribution in [0.2, 0.25) is 0 Å². The van der Waals surface area contributed by atoms with Crippen LogP contribution in [0.15, 0.2) is 0 Å². The molecule has 3 N–H and O–H groups in total. The lowest BCUT2D eigenvalue weighted by Gasteiger charge is -2.45. The Balaban J connectivity index is 1.31. The second-order valence-electron chi connectivity index (χ2n) is 12.6. The molecule has 0 aromatic rings. The number of halogens is 4. The van der Waals surface area contributed by atoms with E-state index in [1.165, 1.54) is 11.8 Å². The first kappa shape index (κ1) is 29.4. The summed E-state index contributed by atoms with van der Waals surface area (Å²) in [6, 6.07) is -1.55. The van der Waals surface area contributed by atoms with Gasteiger partial charge in [-0.3, -0.25) is 10.2 Å². The third kappa shape index (κ3) is 7.05. The number of hydrogen-bond acceptors (Lipinski definition) is 5. The molecule has 2 saturated heterocycles. The number of ether oxygens (including phenoxy) is 1. The molecule has 5 fully saturated rings. The van der Waals surface area contributed by atoms with Gasteiger partial charge in [0.05, 0.1) is 6.10 Å². The highest BCUT2D eigenvalue weighted by Gasteiger charge is 2.50. The van der Waals surface area contributed by atoms with Crippen LogP contribution < -0.4 is 10.6 Å². The van der Waals surface area contributed by atoms with Gasteiger partial charge in [-0.1, -0.05) is 11.8 Å². The van der Waals surface area contributed by atoms with E-state index in [1.54, 1.807) is 7.11 Å². The average molecular weight is 577 g/mol. The highest BCUT2D eigenvalue weighted by molar-refractivity contribution is 8.14. The number of amidine groups is 1. The first-order valence-electron chi connectivity index (χ1n) is 14.9. The zero-order chi connectivity index (χ0) is 27.7. The maximum absolute atomic E-state index is 14.3. The summed E-state index contributed by atoms with van der Waals surface area (Å²) >= 11 is 1.50. The Kier molecular flexibility index (Phi) is 9.38. The van der Waals surface area contributed by atoms with Crippen LogP contribution in [0, 0.1) is 40.9 Å². The highest BCUT2D eigenvalue weighted by atomic mass is 32.2. The molecule has 0 spiro atoms. The number of methoxy groups -OCH3 is 1. The van der Waals surface area contributed by atoms with E-state index in [9.17, 15) is 22.4 Å². The van der Waals surface area contributed by atoms with E-state index >= 15 is 0 Å². The van der Waals surface area contributed by atoms with Crippen LogP contribution in [0.4, 0.5) is 17.6 Å². The molecule has 6 nitrogen and oxygen atoms in total.